The third-order valence-electron chi connectivity index (χ3n) is 4.05. The van der Waals surface area contributed by atoms with E-state index in [1.165, 1.54) is 11.1 Å². The number of carbonyl (C=O) groups excluding carboxylic acids is 1. The van der Waals surface area contributed by atoms with Crippen LogP contribution in [0.3, 0.4) is 0 Å². The first-order valence-electron chi connectivity index (χ1n) is 8.20. The second-order valence-corrected chi connectivity index (χ2v) is 5.86. The normalized spacial score (nSPS) is 10.3. The van der Waals surface area contributed by atoms with Gasteiger partial charge < -0.3 is 9.69 Å². The van der Waals surface area contributed by atoms with E-state index in [2.05, 4.69) is 65.6 Å². The fourth-order valence-electron chi connectivity index (χ4n) is 2.79. The summed E-state index contributed by atoms with van der Waals surface area (Å²) in [6.07, 6.45) is 1.42. The predicted octanol–water partition coefficient (Wildman–Crippen LogP) is 4.63. The Bertz CT molecular complexity index is 709. The van der Waals surface area contributed by atoms with E-state index in [0.29, 0.717) is 6.42 Å². The van der Waals surface area contributed by atoms with Crippen LogP contribution >= 0.6 is 0 Å². The van der Waals surface area contributed by atoms with Gasteiger partial charge in [0.15, 0.2) is 0 Å². The summed E-state index contributed by atoms with van der Waals surface area (Å²) >= 11 is 0. The molecule has 0 aliphatic rings. The van der Waals surface area contributed by atoms with Crippen molar-refractivity contribution in [3.63, 3.8) is 0 Å². The van der Waals surface area contributed by atoms with Gasteiger partial charge in [0.05, 0.1) is 0 Å². The van der Waals surface area contributed by atoms with Gasteiger partial charge in [0.2, 0.25) is 0 Å². The maximum absolute atomic E-state index is 10.7. The van der Waals surface area contributed by atoms with Gasteiger partial charge in [0.25, 0.3) is 0 Å². The highest BCUT2D eigenvalue weighted by atomic mass is 16.1. The van der Waals surface area contributed by atoms with Crippen LogP contribution in [-0.2, 0) is 24.3 Å². The summed E-state index contributed by atoms with van der Waals surface area (Å²) in [7, 11) is 0. The van der Waals surface area contributed by atoms with Crippen LogP contribution < -0.4 is 4.90 Å². The zero-order valence-corrected chi connectivity index (χ0v) is 13.6. The third kappa shape index (κ3) is 4.32. The number of anilines is 1. The van der Waals surface area contributed by atoms with E-state index >= 15 is 0 Å². The molecular weight excluding hydrogens is 294 g/mol. The molecule has 0 saturated carbocycles. The van der Waals surface area contributed by atoms with Crippen molar-refractivity contribution in [2.24, 2.45) is 0 Å². The van der Waals surface area contributed by atoms with Crippen LogP contribution in [-0.4, -0.2) is 6.29 Å². The van der Waals surface area contributed by atoms with Crippen LogP contribution in [0.5, 0.6) is 0 Å². The Kier molecular flexibility index (Phi) is 5.41. The lowest BCUT2D eigenvalue weighted by molar-refractivity contribution is -0.107. The molecule has 3 aromatic carbocycles. The SMILES string of the molecule is O=CCc1ccc(N(Cc2ccccc2)Cc2ccccc2)cc1. The maximum Gasteiger partial charge on any atom is 0.124 e. The van der Waals surface area contributed by atoms with Crippen LogP contribution in [0.1, 0.15) is 16.7 Å². The molecule has 3 aromatic rings. The average Bonchev–Trinajstić information content (AvgIpc) is 2.64. The summed E-state index contributed by atoms with van der Waals surface area (Å²) < 4.78 is 0. The highest BCUT2D eigenvalue weighted by molar-refractivity contribution is 5.57. The molecule has 0 atom stereocenters. The largest absolute Gasteiger partial charge is 0.363 e. The molecule has 2 nitrogen and oxygen atoms in total. The molecule has 0 unspecified atom stereocenters. The summed E-state index contributed by atoms with van der Waals surface area (Å²) in [5.74, 6) is 0. The highest BCUT2D eigenvalue weighted by Gasteiger charge is 2.08. The molecule has 0 radical (unpaired) electrons. The number of carbonyl (C=O) groups is 1. The van der Waals surface area contributed by atoms with Crippen molar-refractivity contribution in [2.75, 3.05) is 4.90 Å². The molecule has 24 heavy (non-hydrogen) atoms. The Morgan fingerprint density at radius 1 is 0.625 bits per heavy atom. The third-order valence-corrected chi connectivity index (χ3v) is 4.05. The van der Waals surface area contributed by atoms with Gasteiger partial charge in [0, 0.05) is 25.2 Å². The molecule has 0 aromatic heterocycles. The minimum absolute atomic E-state index is 0.470. The van der Waals surface area contributed by atoms with E-state index in [1.54, 1.807) is 0 Å². The van der Waals surface area contributed by atoms with E-state index in [4.69, 9.17) is 0 Å². The van der Waals surface area contributed by atoms with Crippen LogP contribution in [0, 0.1) is 0 Å². The standard InChI is InChI=1S/C22H21NO/c24-16-15-19-11-13-22(14-12-19)23(17-20-7-3-1-4-8-20)18-21-9-5-2-6-10-21/h1-14,16H,15,17-18H2. The summed E-state index contributed by atoms with van der Waals surface area (Å²) in [4.78, 5) is 13.0. The number of rotatable bonds is 7. The lowest BCUT2D eigenvalue weighted by Crippen LogP contribution is -2.22. The molecule has 0 fully saturated rings. The van der Waals surface area contributed by atoms with Gasteiger partial charge in [-0.3, -0.25) is 0 Å². The molecule has 3 rings (SSSR count). The van der Waals surface area contributed by atoms with Crippen molar-refractivity contribution in [2.45, 2.75) is 19.5 Å². The van der Waals surface area contributed by atoms with Crippen molar-refractivity contribution in [3.05, 3.63) is 102 Å². The van der Waals surface area contributed by atoms with Crippen molar-refractivity contribution in [1.82, 2.24) is 0 Å². The summed E-state index contributed by atoms with van der Waals surface area (Å²) in [6, 6.07) is 29.3. The Labute approximate surface area is 143 Å². The first-order valence-corrected chi connectivity index (χ1v) is 8.20. The molecule has 120 valence electrons. The number of hydrogen-bond acceptors (Lipinski definition) is 2. The number of hydrogen-bond donors (Lipinski definition) is 0. The average molecular weight is 315 g/mol. The van der Waals surface area contributed by atoms with E-state index in [9.17, 15) is 4.79 Å². The van der Waals surface area contributed by atoms with Crippen LogP contribution in [0.25, 0.3) is 0 Å². The first-order chi connectivity index (χ1) is 11.8. The monoisotopic (exact) mass is 315 g/mol. The Morgan fingerprint density at radius 2 is 1.12 bits per heavy atom. The zero-order chi connectivity index (χ0) is 16.6. The number of benzene rings is 3. The Morgan fingerprint density at radius 3 is 1.58 bits per heavy atom. The van der Waals surface area contributed by atoms with E-state index in [1.807, 2.05) is 24.3 Å². The van der Waals surface area contributed by atoms with Gasteiger partial charge in [-0.2, -0.15) is 0 Å². The summed E-state index contributed by atoms with van der Waals surface area (Å²) in [6.45, 7) is 1.70. The molecule has 0 amide bonds. The molecule has 0 heterocycles. The Hall–Kier alpha value is -2.87. The molecule has 2 heteroatoms. The fraction of sp³-hybridized carbons (Fsp3) is 0.136. The summed E-state index contributed by atoms with van der Waals surface area (Å²) in [5, 5.41) is 0. The van der Waals surface area contributed by atoms with Crippen LogP contribution in [0.15, 0.2) is 84.9 Å². The second kappa shape index (κ2) is 8.11. The molecule has 0 aliphatic heterocycles. The molecule has 0 saturated heterocycles. The maximum atomic E-state index is 10.7. The highest BCUT2D eigenvalue weighted by Crippen LogP contribution is 2.21. The zero-order valence-electron chi connectivity index (χ0n) is 13.6. The Balaban J connectivity index is 1.84. The fourth-order valence-corrected chi connectivity index (χ4v) is 2.79. The molecule has 0 spiro atoms. The van der Waals surface area contributed by atoms with E-state index in [-0.39, 0.29) is 0 Å². The summed E-state index contributed by atoms with van der Waals surface area (Å²) in [5.41, 5.74) is 4.78. The van der Waals surface area contributed by atoms with Gasteiger partial charge in [-0.25, -0.2) is 0 Å². The predicted molar refractivity (Wildman–Crippen MR) is 99.0 cm³/mol. The quantitative estimate of drug-likeness (QED) is 0.592. The molecule has 0 aliphatic carbocycles. The lowest BCUT2D eigenvalue weighted by atomic mass is 10.1. The smallest absolute Gasteiger partial charge is 0.124 e. The molecule has 0 bridgehead atoms. The topological polar surface area (TPSA) is 20.3 Å². The minimum atomic E-state index is 0.470. The van der Waals surface area contributed by atoms with Gasteiger partial charge in [-0.1, -0.05) is 72.8 Å². The van der Waals surface area contributed by atoms with E-state index < -0.39 is 0 Å². The van der Waals surface area contributed by atoms with Crippen molar-refractivity contribution < 1.29 is 4.79 Å². The van der Waals surface area contributed by atoms with Gasteiger partial charge in [0.1, 0.15) is 6.29 Å². The first kappa shape index (κ1) is 16.0. The number of aldehydes is 1. The number of nitrogens with zero attached hydrogens (tertiary/aromatic N) is 1. The second-order valence-electron chi connectivity index (χ2n) is 5.86. The minimum Gasteiger partial charge on any atom is -0.363 e. The molecular formula is C22H21NO. The van der Waals surface area contributed by atoms with Crippen LogP contribution in [0.2, 0.25) is 0 Å². The van der Waals surface area contributed by atoms with Gasteiger partial charge in [-0.05, 0) is 28.8 Å². The van der Waals surface area contributed by atoms with Crippen molar-refractivity contribution in [3.8, 4) is 0 Å². The van der Waals surface area contributed by atoms with Crippen molar-refractivity contribution in [1.29, 1.82) is 0 Å². The van der Waals surface area contributed by atoms with Gasteiger partial charge >= 0.3 is 0 Å². The van der Waals surface area contributed by atoms with E-state index in [0.717, 1.165) is 30.6 Å². The lowest BCUT2D eigenvalue weighted by Gasteiger charge is -2.25. The molecule has 0 N–H and O–H groups in total. The van der Waals surface area contributed by atoms with Crippen LogP contribution in [0.4, 0.5) is 5.69 Å². The van der Waals surface area contributed by atoms with Gasteiger partial charge in [-0.15, -0.1) is 0 Å². The van der Waals surface area contributed by atoms with Crippen molar-refractivity contribution >= 4 is 12.0 Å².